The number of hydrogen-bond donors (Lipinski definition) is 3. The van der Waals surface area contributed by atoms with Gasteiger partial charge in [-0.05, 0) is 61.2 Å². The van der Waals surface area contributed by atoms with Crippen molar-refractivity contribution < 1.29 is 9.59 Å². The number of carbonyl (C=O) groups excluding carboxylic acids is 2. The van der Waals surface area contributed by atoms with Crippen LogP contribution < -0.4 is 16.4 Å². The van der Waals surface area contributed by atoms with Gasteiger partial charge >= 0.3 is 6.03 Å². The molecule has 0 bridgehead atoms. The monoisotopic (exact) mass is 385 g/mol. The first-order valence-electron chi connectivity index (χ1n) is 9.02. The minimum absolute atomic E-state index is 0.0170. The van der Waals surface area contributed by atoms with Crippen LogP contribution in [0.4, 0.5) is 10.5 Å². The van der Waals surface area contributed by atoms with E-state index >= 15 is 0 Å². The summed E-state index contributed by atoms with van der Waals surface area (Å²) >= 11 is 1.69. The van der Waals surface area contributed by atoms with E-state index in [1.54, 1.807) is 11.8 Å². The van der Waals surface area contributed by atoms with Gasteiger partial charge in [0.2, 0.25) is 5.91 Å². The highest BCUT2D eigenvalue weighted by molar-refractivity contribution is 7.99. The Morgan fingerprint density at radius 1 is 1.11 bits per heavy atom. The van der Waals surface area contributed by atoms with Gasteiger partial charge in [-0.3, -0.25) is 4.79 Å². The van der Waals surface area contributed by atoms with Crippen LogP contribution in [0, 0.1) is 19.8 Å². The first-order chi connectivity index (χ1) is 12.8. The van der Waals surface area contributed by atoms with E-state index in [1.165, 1.54) is 16.0 Å². The van der Waals surface area contributed by atoms with Crippen LogP contribution in [0.15, 0.2) is 52.3 Å². The molecule has 3 amide bonds. The molecule has 4 N–H and O–H groups in total. The van der Waals surface area contributed by atoms with E-state index in [9.17, 15) is 9.59 Å². The normalized spacial score (nSPS) is 12.9. The molecule has 5 nitrogen and oxygen atoms in total. The largest absolute Gasteiger partial charge is 0.352 e. The van der Waals surface area contributed by atoms with Crippen molar-refractivity contribution >= 4 is 29.4 Å². The molecule has 2 atom stereocenters. The van der Waals surface area contributed by atoms with Crippen molar-refractivity contribution in [1.29, 1.82) is 0 Å². The van der Waals surface area contributed by atoms with E-state index in [1.807, 2.05) is 38.1 Å². The number of anilines is 1. The van der Waals surface area contributed by atoms with Crippen LogP contribution in [0.2, 0.25) is 0 Å². The lowest BCUT2D eigenvalue weighted by molar-refractivity contribution is -0.119. The Morgan fingerprint density at radius 3 is 2.37 bits per heavy atom. The number of amides is 3. The molecule has 0 heterocycles. The Morgan fingerprint density at radius 2 is 1.78 bits per heavy atom. The second kappa shape index (κ2) is 9.46. The summed E-state index contributed by atoms with van der Waals surface area (Å²) < 4.78 is 0. The lowest BCUT2D eigenvalue weighted by Crippen LogP contribution is -2.49. The fourth-order valence-electron chi connectivity index (χ4n) is 2.63. The molecular weight excluding hydrogens is 358 g/mol. The molecule has 0 aliphatic rings. The molecule has 144 valence electrons. The second-order valence-corrected chi connectivity index (χ2v) is 7.87. The predicted octanol–water partition coefficient (Wildman–Crippen LogP) is 4.48. The number of benzene rings is 2. The molecule has 0 radical (unpaired) electrons. The number of primary amides is 1. The minimum Gasteiger partial charge on any atom is -0.352 e. The lowest BCUT2D eigenvalue weighted by atomic mass is 9.98. The summed E-state index contributed by atoms with van der Waals surface area (Å²) in [5, 5.41) is 5.38. The van der Waals surface area contributed by atoms with E-state index in [2.05, 4.69) is 42.7 Å². The molecule has 0 saturated heterocycles. The first-order valence-corrected chi connectivity index (χ1v) is 9.83. The third-order valence-corrected chi connectivity index (χ3v) is 5.65. The van der Waals surface area contributed by atoms with Gasteiger partial charge in [-0.25, -0.2) is 4.79 Å². The van der Waals surface area contributed by atoms with Crippen molar-refractivity contribution in [2.75, 3.05) is 5.32 Å². The van der Waals surface area contributed by atoms with Crippen molar-refractivity contribution in [3.63, 3.8) is 0 Å². The van der Waals surface area contributed by atoms with Crippen LogP contribution in [0.3, 0.4) is 0 Å². The van der Waals surface area contributed by atoms with Crippen molar-refractivity contribution in [2.45, 2.75) is 49.9 Å². The average molecular weight is 386 g/mol. The molecular formula is C21H27N3O2S. The zero-order chi connectivity index (χ0) is 20.0. The number of rotatable bonds is 7. The molecule has 0 unspecified atom stereocenters. The zero-order valence-corrected chi connectivity index (χ0v) is 17.0. The highest BCUT2D eigenvalue weighted by Gasteiger charge is 2.25. The molecule has 2 aromatic carbocycles. The molecule has 0 saturated carbocycles. The van der Waals surface area contributed by atoms with E-state index in [0.717, 1.165) is 11.3 Å². The summed E-state index contributed by atoms with van der Waals surface area (Å²) in [6.07, 6.45) is 0.754. The van der Waals surface area contributed by atoms with Crippen LogP contribution in [0.5, 0.6) is 0 Å². The highest BCUT2D eigenvalue weighted by atomic mass is 32.2. The van der Waals surface area contributed by atoms with Gasteiger partial charge in [-0.15, -0.1) is 0 Å². The molecule has 2 aromatic rings. The second-order valence-electron chi connectivity index (χ2n) is 6.76. The van der Waals surface area contributed by atoms with Crippen molar-refractivity contribution in [3.8, 4) is 0 Å². The van der Waals surface area contributed by atoms with Gasteiger partial charge in [0.05, 0.1) is 0 Å². The maximum atomic E-state index is 12.5. The molecule has 0 aliphatic heterocycles. The van der Waals surface area contributed by atoms with Gasteiger partial charge in [-0.2, -0.15) is 0 Å². The van der Waals surface area contributed by atoms with Crippen LogP contribution in [-0.4, -0.2) is 18.0 Å². The van der Waals surface area contributed by atoms with Crippen LogP contribution in [0.25, 0.3) is 0 Å². The van der Waals surface area contributed by atoms with Crippen molar-refractivity contribution in [2.24, 2.45) is 11.7 Å². The van der Waals surface area contributed by atoms with Gasteiger partial charge < -0.3 is 16.4 Å². The third kappa shape index (κ3) is 6.03. The standard InChI is InChI=1S/C21H27N3O2S/c1-5-14(3)19(24-21(22)26)20(25)23-16-8-10-17(11-9-16)27-18-12-13(2)6-7-15(18)4/h6-12,14,19H,5H2,1-4H3,(H,23,25)(H3,22,24,26)/t14-,19+/m1/s1. The predicted molar refractivity (Wildman–Crippen MR) is 111 cm³/mol. The third-order valence-electron chi connectivity index (χ3n) is 4.49. The number of hydrogen-bond acceptors (Lipinski definition) is 3. The Labute approximate surface area is 165 Å². The van der Waals surface area contributed by atoms with Crippen LogP contribution in [-0.2, 0) is 4.79 Å². The Balaban J connectivity index is 2.06. The Hall–Kier alpha value is -2.47. The smallest absolute Gasteiger partial charge is 0.312 e. The van der Waals surface area contributed by atoms with E-state index in [4.69, 9.17) is 5.73 Å². The van der Waals surface area contributed by atoms with Crippen LogP contribution in [0.1, 0.15) is 31.4 Å². The maximum Gasteiger partial charge on any atom is 0.312 e. The SMILES string of the molecule is CC[C@@H](C)[C@H](NC(N)=O)C(=O)Nc1ccc(Sc2cc(C)ccc2C)cc1. The quantitative estimate of drug-likeness (QED) is 0.657. The van der Waals surface area contributed by atoms with E-state index < -0.39 is 12.1 Å². The molecule has 2 rings (SSSR count). The average Bonchev–Trinajstić information content (AvgIpc) is 2.63. The fraction of sp³-hybridized carbons (Fsp3) is 0.333. The number of urea groups is 1. The van der Waals surface area contributed by atoms with Gasteiger partial charge in [0.1, 0.15) is 6.04 Å². The van der Waals surface area contributed by atoms with Crippen molar-refractivity contribution in [3.05, 3.63) is 53.6 Å². The highest BCUT2D eigenvalue weighted by Crippen LogP contribution is 2.31. The fourth-order valence-corrected chi connectivity index (χ4v) is 3.63. The van der Waals surface area contributed by atoms with Crippen molar-refractivity contribution in [1.82, 2.24) is 5.32 Å². The number of nitrogens with one attached hydrogen (secondary N) is 2. The molecule has 0 fully saturated rings. The van der Waals surface area contributed by atoms with E-state index in [0.29, 0.717) is 5.69 Å². The lowest BCUT2D eigenvalue weighted by Gasteiger charge is -2.22. The van der Waals surface area contributed by atoms with Gasteiger partial charge in [0.15, 0.2) is 0 Å². The summed E-state index contributed by atoms with van der Waals surface area (Å²) in [6, 6.07) is 12.7. The van der Waals surface area contributed by atoms with Gasteiger partial charge in [-0.1, -0.05) is 44.2 Å². The molecule has 0 aromatic heterocycles. The summed E-state index contributed by atoms with van der Waals surface area (Å²) in [7, 11) is 0. The zero-order valence-electron chi connectivity index (χ0n) is 16.2. The maximum absolute atomic E-state index is 12.5. The first kappa shape index (κ1) is 20.8. The molecule has 6 heteroatoms. The summed E-state index contributed by atoms with van der Waals surface area (Å²) in [5.41, 5.74) is 8.35. The van der Waals surface area contributed by atoms with E-state index in [-0.39, 0.29) is 11.8 Å². The molecule has 0 aliphatic carbocycles. The number of nitrogens with two attached hydrogens (primary N) is 1. The molecule has 0 spiro atoms. The van der Waals surface area contributed by atoms with Gasteiger partial charge in [0, 0.05) is 15.5 Å². The summed E-state index contributed by atoms with van der Waals surface area (Å²) in [5.74, 6) is -0.283. The Kier molecular flexibility index (Phi) is 7.30. The minimum atomic E-state index is -0.698. The number of carbonyl (C=O) groups is 2. The summed E-state index contributed by atoms with van der Waals surface area (Å²) in [4.78, 5) is 26.0. The summed E-state index contributed by atoms with van der Waals surface area (Å²) in [6.45, 7) is 8.05. The van der Waals surface area contributed by atoms with Crippen LogP contribution >= 0.6 is 11.8 Å². The van der Waals surface area contributed by atoms with Gasteiger partial charge in [0.25, 0.3) is 0 Å². The molecule has 27 heavy (non-hydrogen) atoms. The number of aryl methyl sites for hydroxylation is 2. The Bertz CT molecular complexity index is 806. The topological polar surface area (TPSA) is 84.2 Å².